The van der Waals surface area contributed by atoms with Crippen LogP contribution in [0.4, 0.5) is 13.2 Å². The van der Waals surface area contributed by atoms with Gasteiger partial charge in [0.1, 0.15) is 5.69 Å². The van der Waals surface area contributed by atoms with Gasteiger partial charge in [-0.3, -0.25) is 0 Å². The topological polar surface area (TPSA) is 9.86 Å². The summed E-state index contributed by atoms with van der Waals surface area (Å²) in [6, 6.07) is 19.9. The molecule has 6 aromatic rings. The minimum Gasteiger partial charge on any atom is -0.348 e. The van der Waals surface area contributed by atoms with Gasteiger partial charge in [0, 0.05) is 41.6 Å². The third kappa shape index (κ3) is 2.46. The predicted molar refractivity (Wildman–Crippen MR) is 122 cm³/mol. The maximum Gasteiger partial charge on any atom is 0.431 e. The molecule has 0 atom stereocenters. The van der Waals surface area contributed by atoms with Gasteiger partial charge in [-0.15, -0.1) is 0 Å². The lowest BCUT2D eigenvalue weighted by Gasteiger charge is -2.10. The Balaban J connectivity index is 1.71. The SMILES string of the molecule is Cc1cc2cc3c(ccc4c5cc6cc(C(F)(F)F)n(C)c6cc5ccc34)cc2n1C. The number of hydrogen-bond donors (Lipinski definition) is 0. The molecule has 0 spiro atoms. The fourth-order valence-corrected chi connectivity index (χ4v) is 4.95. The number of aromatic nitrogens is 2. The summed E-state index contributed by atoms with van der Waals surface area (Å²) >= 11 is 0. The summed E-state index contributed by atoms with van der Waals surface area (Å²) < 4.78 is 43.6. The van der Waals surface area contributed by atoms with Gasteiger partial charge < -0.3 is 9.13 Å². The molecule has 0 amide bonds. The number of fused-ring (bicyclic) bond motifs is 7. The standard InChI is InChI=1S/C26H19F3N2/c1-14-8-17-9-21-15(11-23(17)30(14)2)4-6-20-19(21)7-5-16-12-24-18(10-22(16)20)13-25(31(24)3)26(27,28)29/h4-13H,1-3H3. The van der Waals surface area contributed by atoms with Crippen molar-refractivity contribution in [3.8, 4) is 0 Å². The fourth-order valence-electron chi connectivity index (χ4n) is 4.95. The zero-order valence-corrected chi connectivity index (χ0v) is 17.3. The van der Waals surface area contributed by atoms with E-state index in [0.29, 0.717) is 10.9 Å². The third-order valence-corrected chi connectivity index (χ3v) is 6.69. The van der Waals surface area contributed by atoms with Crippen molar-refractivity contribution in [2.45, 2.75) is 13.1 Å². The van der Waals surface area contributed by atoms with E-state index in [1.165, 1.54) is 34.3 Å². The predicted octanol–water partition coefficient (Wildman–Crippen LogP) is 7.46. The van der Waals surface area contributed by atoms with Crippen LogP contribution in [0.15, 0.2) is 60.7 Å². The first kappa shape index (κ1) is 18.3. The Morgan fingerprint density at radius 2 is 1.10 bits per heavy atom. The van der Waals surface area contributed by atoms with E-state index >= 15 is 0 Å². The maximum absolute atomic E-state index is 13.4. The molecular formula is C26H19F3N2. The molecule has 0 unspecified atom stereocenters. The molecule has 4 aromatic carbocycles. The van der Waals surface area contributed by atoms with Crippen LogP contribution in [-0.2, 0) is 20.3 Å². The molecular weight excluding hydrogens is 397 g/mol. The molecule has 0 aliphatic heterocycles. The largest absolute Gasteiger partial charge is 0.431 e. The van der Waals surface area contributed by atoms with Crippen molar-refractivity contribution in [2.75, 3.05) is 0 Å². The van der Waals surface area contributed by atoms with Gasteiger partial charge in [0.25, 0.3) is 0 Å². The first-order valence-electron chi connectivity index (χ1n) is 10.1. The lowest BCUT2D eigenvalue weighted by atomic mass is 9.95. The second kappa shape index (κ2) is 5.82. The Kier molecular flexibility index (Phi) is 3.43. The molecule has 0 bridgehead atoms. The van der Waals surface area contributed by atoms with Gasteiger partial charge in [-0.1, -0.05) is 24.3 Å². The molecule has 5 heteroatoms. The number of halogens is 3. The van der Waals surface area contributed by atoms with Crippen molar-refractivity contribution in [2.24, 2.45) is 14.1 Å². The zero-order valence-electron chi connectivity index (χ0n) is 17.3. The summed E-state index contributed by atoms with van der Waals surface area (Å²) in [5.41, 5.74) is 2.35. The average Bonchev–Trinajstić information content (AvgIpc) is 3.20. The zero-order chi connectivity index (χ0) is 21.7. The molecule has 0 aliphatic carbocycles. The van der Waals surface area contributed by atoms with Gasteiger partial charge in [-0.25, -0.2) is 0 Å². The number of rotatable bonds is 0. The van der Waals surface area contributed by atoms with Crippen LogP contribution in [0.25, 0.3) is 54.1 Å². The van der Waals surface area contributed by atoms with Crippen molar-refractivity contribution in [1.29, 1.82) is 0 Å². The van der Waals surface area contributed by atoms with E-state index in [0.717, 1.165) is 32.3 Å². The third-order valence-electron chi connectivity index (χ3n) is 6.69. The van der Waals surface area contributed by atoms with E-state index < -0.39 is 11.9 Å². The monoisotopic (exact) mass is 416 g/mol. The van der Waals surface area contributed by atoms with Gasteiger partial charge in [0.2, 0.25) is 0 Å². The smallest absolute Gasteiger partial charge is 0.348 e. The quantitative estimate of drug-likeness (QED) is 0.228. The van der Waals surface area contributed by atoms with Crippen molar-refractivity contribution in [3.63, 3.8) is 0 Å². The Labute approximate surface area is 176 Å². The molecule has 2 heterocycles. The highest BCUT2D eigenvalue weighted by Gasteiger charge is 2.34. The van der Waals surface area contributed by atoms with Crippen molar-refractivity contribution in [1.82, 2.24) is 9.13 Å². The summed E-state index contributed by atoms with van der Waals surface area (Å²) in [7, 11) is 3.54. The molecule has 2 aromatic heterocycles. The Morgan fingerprint density at radius 3 is 1.65 bits per heavy atom. The van der Waals surface area contributed by atoms with Crippen LogP contribution in [0.1, 0.15) is 11.4 Å². The molecule has 0 radical (unpaired) electrons. The number of aryl methyl sites for hydroxylation is 3. The summed E-state index contributed by atoms with van der Waals surface area (Å²) in [5, 5.41) is 8.16. The second-order valence-corrected chi connectivity index (χ2v) is 8.42. The Morgan fingerprint density at radius 1 is 0.581 bits per heavy atom. The molecule has 2 nitrogen and oxygen atoms in total. The first-order valence-corrected chi connectivity index (χ1v) is 10.1. The fraction of sp³-hybridized carbons (Fsp3) is 0.154. The highest BCUT2D eigenvalue weighted by atomic mass is 19.4. The molecule has 31 heavy (non-hydrogen) atoms. The minimum absolute atomic E-state index is 0.585. The number of benzene rings is 4. The molecule has 0 saturated heterocycles. The van der Waals surface area contributed by atoms with Crippen molar-refractivity contribution in [3.05, 3.63) is 72.1 Å². The summed E-state index contributed by atoms with van der Waals surface area (Å²) in [6.45, 7) is 2.09. The lowest BCUT2D eigenvalue weighted by Crippen LogP contribution is -2.10. The molecule has 0 saturated carbocycles. The van der Waals surface area contributed by atoms with E-state index in [4.69, 9.17) is 0 Å². The normalized spacial score (nSPS) is 12.8. The first-order chi connectivity index (χ1) is 14.7. The Hall–Kier alpha value is -3.47. The van der Waals surface area contributed by atoms with E-state index in [-0.39, 0.29) is 0 Å². The van der Waals surface area contributed by atoms with Crippen LogP contribution in [0, 0.1) is 6.92 Å². The van der Waals surface area contributed by atoms with E-state index in [1.807, 2.05) is 18.2 Å². The molecule has 0 fully saturated rings. The van der Waals surface area contributed by atoms with Crippen LogP contribution >= 0.6 is 0 Å². The number of alkyl halides is 3. The van der Waals surface area contributed by atoms with Gasteiger partial charge in [-0.05, 0) is 75.6 Å². The van der Waals surface area contributed by atoms with Crippen LogP contribution in [0.2, 0.25) is 0 Å². The van der Waals surface area contributed by atoms with Gasteiger partial charge in [0.05, 0.1) is 0 Å². The van der Waals surface area contributed by atoms with Crippen molar-refractivity contribution < 1.29 is 13.2 Å². The minimum atomic E-state index is -4.38. The molecule has 0 aliphatic rings. The summed E-state index contributed by atoms with van der Waals surface area (Å²) in [5.74, 6) is 0. The van der Waals surface area contributed by atoms with Crippen LogP contribution in [0.3, 0.4) is 0 Å². The lowest BCUT2D eigenvalue weighted by molar-refractivity contribution is -0.142. The van der Waals surface area contributed by atoms with Crippen LogP contribution in [0.5, 0.6) is 0 Å². The highest BCUT2D eigenvalue weighted by molar-refractivity contribution is 6.20. The van der Waals surface area contributed by atoms with E-state index in [1.54, 1.807) is 0 Å². The van der Waals surface area contributed by atoms with E-state index in [2.05, 4.69) is 54.9 Å². The number of nitrogens with zero attached hydrogens (tertiary/aromatic N) is 2. The molecule has 0 N–H and O–H groups in total. The van der Waals surface area contributed by atoms with Gasteiger partial charge in [-0.2, -0.15) is 13.2 Å². The van der Waals surface area contributed by atoms with E-state index in [9.17, 15) is 13.2 Å². The average molecular weight is 416 g/mol. The molecule has 154 valence electrons. The molecule has 6 rings (SSSR count). The highest BCUT2D eigenvalue weighted by Crippen LogP contribution is 2.38. The van der Waals surface area contributed by atoms with Crippen LogP contribution in [-0.4, -0.2) is 9.13 Å². The van der Waals surface area contributed by atoms with Crippen molar-refractivity contribution >= 4 is 54.1 Å². The maximum atomic E-state index is 13.4. The number of hydrogen-bond acceptors (Lipinski definition) is 0. The Bertz CT molecular complexity index is 1700. The summed E-state index contributed by atoms with van der Waals surface area (Å²) in [4.78, 5) is 0. The van der Waals surface area contributed by atoms with Gasteiger partial charge >= 0.3 is 6.18 Å². The second-order valence-electron chi connectivity index (χ2n) is 8.42. The van der Waals surface area contributed by atoms with Gasteiger partial charge in [0.15, 0.2) is 0 Å². The summed E-state index contributed by atoms with van der Waals surface area (Å²) in [6.07, 6.45) is -4.38. The van der Waals surface area contributed by atoms with Crippen LogP contribution < -0.4 is 0 Å².